The van der Waals surface area contributed by atoms with Crippen molar-refractivity contribution in [1.29, 1.82) is 0 Å². The summed E-state index contributed by atoms with van der Waals surface area (Å²) in [5.74, 6) is -0.541. The molecule has 3 rings (SSSR count). The number of amides is 3. The van der Waals surface area contributed by atoms with Crippen molar-refractivity contribution in [3.05, 3.63) is 34.7 Å². The molecule has 2 heterocycles. The van der Waals surface area contributed by atoms with Crippen LogP contribution in [-0.4, -0.2) is 60.1 Å². The molecule has 2 saturated heterocycles. The highest BCUT2D eigenvalue weighted by Gasteiger charge is 2.37. The molecule has 1 atom stereocenters. The quantitative estimate of drug-likeness (QED) is 0.743. The number of hydrogen-bond donors (Lipinski definition) is 0. The van der Waals surface area contributed by atoms with Gasteiger partial charge in [0.05, 0.1) is 4.91 Å². The van der Waals surface area contributed by atoms with Gasteiger partial charge in [-0.15, -0.1) is 0 Å². The summed E-state index contributed by atoms with van der Waals surface area (Å²) in [5, 5.41) is -0.380. The van der Waals surface area contributed by atoms with E-state index in [4.69, 9.17) is 0 Å². The SMILES string of the molecule is C[C@H]1CCCCN1C(=O)CN1C(=O)S/C(=C\c2ccc(N(C)C)cc2)C1=O. The molecule has 0 unspecified atom stereocenters. The summed E-state index contributed by atoms with van der Waals surface area (Å²) in [6.45, 7) is 2.54. The lowest BCUT2D eigenvalue weighted by Gasteiger charge is -2.34. The first-order valence-corrected chi connectivity index (χ1v) is 10.0. The Labute approximate surface area is 164 Å². The lowest BCUT2D eigenvalue weighted by atomic mass is 10.0. The molecule has 0 bridgehead atoms. The Morgan fingerprint density at radius 1 is 1.22 bits per heavy atom. The Bertz CT molecular complexity index is 773. The Hall–Kier alpha value is -2.28. The highest BCUT2D eigenvalue weighted by atomic mass is 32.2. The van der Waals surface area contributed by atoms with Gasteiger partial charge in [0.2, 0.25) is 5.91 Å². The van der Waals surface area contributed by atoms with Crippen LogP contribution in [0.3, 0.4) is 0 Å². The normalized spacial score (nSPS) is 21.9. The zero-order valence-electron chi connectivity index (χ0n) is 16.0. The van der Waals surface area contributed by atoms with Crippen molar-refractivity contribution in [2.45, 2.75) is 32.2 Å². The summed E-state index contributed by atoms with van der Waals surface area (Å²) in [7, 11) is 3.92. The highest BCUT2D eigenvalue weighted by molar-refractivity contribution is 8.18. The van der Waals surface area contributed by atoms with Crippen molar-refractivity contribution in [2.24, 2.45) is 0 Å². The minimum Gasteiger partial charge on any atom is -0.378 e. The summed E-state index contributed by atoms with van der Waals surface area (Å²) < 4.78 is 0. The van der Waals surface area contributed by atoms with Gasteiger partial charge in [0.25, 0.3) is 11.1 Å². The lowest BCUT2D eigenvalue weighted by Crippen LogP contribution is -2.47. The van der Waals surface area contributed by atoms with E-state index in [9.17, 15) is 14.4 Å². The predicted octanol–water partition coefficient (Wildman–Crippen LogP) is 3.19. The van der Waals surface area contributed by atoms with Gasteiger partial charge in [0.1, 0.15) is 6.54 Å². The molecule has 1 aromatic carbocycles. The Kier molecular flexibility index (Phi) is 5.89. The number of carbonyl (C=O) groups is 3. The molecule has 6 nitrogen and oxygen atoms in total. The highest BCUT2D eigenvalue weighted by Crippen LogP contribution is 2.32. The second kappa shape index (κ2) is 8.17. The van der Waals surface area contributed by atoms with Gasteiger partial charge >= 0.3 is 0 Å². The first-order valence-electron chi connectivity index (χ1n) is 9.19. The zero-order chi connectivity index (χ0) is 19.6. The maximum atomic E-state index is 12.6. The van der Waals surface area contributed by atoms with Crippen molar-refractivity contribution in [3.8, 4) is 0 Å². The Morgan fingerprint density at radius 3 is 2.56 bits per heavy atom. The summed E-state index contributed by atoms with van der Waals surface area (Å²) in [4.78, 5) is 42.7. The van der Waals surface area contributed by atoms with Crippen molar-refractivity contribution < 1.29 is 14.4 Å². The van der Waals surface area contributed by atoms with Gasteiger partial charge < -0.3 is 9.80 Å². The third-order valence-corrected chi connectivity index (χ3v) is 5.90. The summed E-state index contributed by atoms with van der Waals surface area (Å²) in [5.41, 5.74) is 1.91. The second-order valence-corrected chi connectivity index (χ2v) is 8.18. The van der Waals surface area contributed by atoms with Crippen LogP contribution in [0.1, 0.15) is 31.7 Å². The Balaban J connectivity index is 1.70. The fraction of sp³-hybridized carbons (Fsp3) is 0.450. The van der Waals surface area contributed by atoms with E-state index in [2.05, 4.69) is 0 Å². The molecule has 0 aromatic heterocycles. The van der Waals surface area contributed by atoms with Crippen molar-refractivity contribution in [1.82, 2.24) is 9.80 Å². The first kappa shape index (κ1) is 19.5. The maximum Gasteiger partial charge on any atom is 0.294 e. The fourth-order valence-electron chi connectivity index (χ4n) is 3.35. The number of imide groups is 1. The van der Waals surface area contributed by atoms with E-state index in [0.717, 1.165) is 47.2 Å². The first-order chi connectivity index (χ1) is 12.9. The minimum absolute atomic E-state index is 0.152. The summed E-state index contributed by atoms with van der Waals surface area (Å²) >= 11 is 0.894. The van der Waals surface area contributed by atoms with Gasteiger partial charge in [0.15, 0.2) is 0 Å². The maximum absolute atomic E-state index is 12.6. The number of rotatable bonds is 4. The van der Waals surface area contributed by atoms with Gasteiger partial charge in [-0.3, -0.25) is 19.3 Å². The molecule has 2 aliphatic heterocycles. The van der Waals surface area contributed by atoms with Gasteiger partial charge in [0, 0.05) is 32.4 Å². The van der Waals surface area contributed by atoms with Gasteiger partial charge in [-0.1, -0.05) is 12.1 Å². The smallest absolute Gasteiger partial charge is 0.294 e. The predicted molar refractivity (Wildman–Crippen MR) is 108 cm³/mol. The van der Waals surface area contributed by atoms with Crippen LogP contribution < -0.4 is 4.90 Å². The molecule has 1 aromatic rings. The third-order valence-electron chi connectivity index (χ3n) is 5.00. The molecule has 27 heavy (non-hydrogen) atoms. The number of piperidine rings is 1. The molecule has 2 fully saturated rings. The largest absolute Gasteiger partial charge is 0.378 e. The molecule has 0 spiro atoms. The minimum atomic E-state index is -0.389. The number of thioether (sulfide) groups is 1. The monoisotopic (exact) mass is 387 g/mol. The molecule has 0 saturated carbocycles. The van der Waals surface area contributed by atoms with Crippen LogP contribution in [0.15, 0.2) is 29.2 Å². The molecule has 7 heteroatoms. The van der Waals surface area contributed by atoms with E-state index in [0.29, 0.717) is 11.4 Å². The molecule has 0 N–H and O–H groups in total. The second-order valence-electron chi connectivity index (χ2n) is 7.19. The van der Waals surface area contributed by atoms with E-state index in [1.54, 1.807) is 11.0 Å². The van der Waals surface area contributed by atoms with E-state index in [-0.39, 0.29) is 29.6 Å². The van der Waals surface area contributed by atoms with Crippen LogP contribution in [-0.2, 0) is 9.59 Å². The summed E-state index contributed by atoms with van der Waals surface area (Å²) in [6, 6.07) is 7.89. The third kappa shape index (κ3) is 4.35. The van der Waals surface area contributed by atoms with E-state index >= 15 is 0 Å². The lowest BCUT2D eigenvalue weighted by molar-refractivity contribution is -0.138. The van der Waals surface area contributed by atoms with Crippen LogP contribution in [0.5, 0.6) is 0 Å². The summed E-state index contributed by atoms with van der Waals surface area (Å²) in [6.07, 6.45) is 4.76. The molecule has 0 aliphatic carbocycles. The van der Waals surface area contributed by atoms with Crippen LogP contribution in [0, 0.1) is 0 Å². The van der Waals surface area contributed by atoms with Gasteiger partial charge in [-0.25, -0.2) is 0 Å². The van der Waals surface area contributed by atoms with Crippen molar-refractivity contribution in [3.63, 3.8) is 0 Å². The molecule has 3 amide bonds. The van der Waals surface area contributed by atoms with Crippen molar-refractivity contribution >= 4 is 40.6 Å². The zero-order valence-corrected chi connectivity index (χ0v) is 16.8. The number of benzene rings is 1. The van der Waals surface area contributed by atoms with Crippen molar-refractivity contribution in [2.75, 3.05) is 32.1 Å². The standard InChI is InChI=1S/C20H25N3O3S/c1-14-6-4-5-11-22(14)18(24)13-23-19(25)17(27-20(23)26)12-15-7-9-16(10-8-15)21(2)3/h7-10,12,14H,4-6,11,13H2,1-3H3/b17-12-/t14-/m0/s1. The number of anilines is 1. The number of hydrogen-bond acceptors (Lipinski definition) is 5. The van der Waals surface area contributed by atoms with Gasteiger partial charge in [-0.05, 0) is 61.7 Å². The topological polar surface area (TPSA) is 60.9 Å². The molecular weight excluding hydrogens is 362 g/mol. The average molecular weight is 388 g/mol. The number of likely N-dealkylation sites (tertiary alicyclic amines) is 1. The van der Waals surface area contributed by atoms with Crippen LogP contribution in [0.25, 0.3) is 6.08 Å². The number of carbonyl (C=O) groups excluding carboxylic acids is 3. The van der Waals surface area contributed by atoms with E-state index in [1.807, 2.05) is 50.2 Å². The molecule has 2 aliphatic rings. The number of nitrogens with zero attached hydrogens (tertiary/aromatic N) is 3. The van der Waals surface area contributed by atoms with E-state index in [1.165, 1.54) is 0 Å². The Morgan fingerprint density at radius 2 is 1.93 bits per heavy atom. The van der Waals surface area contributed by atoms with E-state index < -0.39 is 0 Å². The van der Waals surface area contributed by atoms with Gasteiger partial charge in [-0.2, -0.15) is 0 Å². The van der Waals surface area contributed by atoms with Crippen LogP contribution in [0.2, 0.25) is 0 Å². The fourth-order valence-corrected chi connectivity index (χ4v) is 4.19. The molecular formula is C20H25N3O3S. The van der Waals surface area contributed by atoms with Crippen LogP contribution in [0.4, 0.5) is 10.5 Å². The molecule has 144 valence electrons. The van der Waals surface area contributed by atoms with Crippen LogP contribution >= 0.6 is 11.8 Å². The average Bonchev–Trinajstić information content (AvgIpc) is 2.90. The molecule has 0 radical (unpaired) electrons.